The summed E-state index contributed by atoms with van der Waals surface area (Å²) >= 11 is 0. The number of nitrogens with zero attached hydrogens (tertiary/aromatic N) is 1. The summed E-state index contributed by atoms with van der Waals surface area (Å²) in [4.78, 5) is 24.0. The van der Waals surface area contributed by atoms with Gasteiger partial charge in [0.25, 0.3) is 5.91 Å². The summed E-state index contributed by atoms with van der Waals surface area (Å²) in [5.41, 5.74) is 1.08. The van der Waals surface area contributed by atoms with Gasteiger partial charge in [-0.1, -0.05) is 0 Å². The number of carboxylic acid groups (broad SMARTS) is 1. The van der Waals surface area contributed by atoms with E-state index in [1.54, 1.807) is 6.92 Å². The molecule has 7 heteroatoms. The number of fused-ring (bicyclic) bond motifs is 1. The lowest BCUT2D eigenvalue weighted by Crippen LogP contribution is -2.14. The van der Waals surface area contributed by atoms with Crippen LogP contribution in [0.25, 0.3) is 10.9 Å². The molecule has 0 saturated carbocycles. The predicted molar refractivity (Wildman–Crippen MR) is 87.5 cm³/mol. The number of halogens is 1. The second-order valence-electron chi connectivity index (χ2n) is 5.64. The van der Waals surface area contributed by atoms with Crippen molar-refractivity contribution < 1.29 is 29.3 Å². The fourth-order valence-electron chi connectivity index (χ4n) is 2.86. The first-order valence-electron chi connectivity index (χ1n) is 7.37. The normalized spacial score (nSPS) is 11.0. The largest absolute Gasteiger partial charge is 0.508 e. The van der Waals surface area contributed by atoms with Crippen molar-refractivity contribution in [2.45, 2.75) is 13.3 Å². The molecule has 0 amide bonds. The molecule has 0 fully saturated rings. The smallest absolute Gasteiger partial charge is 0.307 e. The maximum Gasteiger partial charge on any atom is 0.307 e. The standard InChI is InChI=1S/C18H14FNO5/c1-9-12(7-17(23)24)13-6-16(22)14(19)8-15(13)20(9)18(25)10-2-4-11(21)5-3-10/h2-6,8,21-22H,7H2,1H3,(H,23,24). The average Bonchev–Trinajstić information content (AvgIpc) is 2.80. The van der Waals surface area contributed by atoms with Crippen LogP contribution >= 0.6 is 0 Å². The third-order valence-corrected chi connectivity index (χ3v) is 4.05. The van der Waals surface area contributed by atoms with Gasteiger partial charge in [0.2, 0.25) is 0 Å². The molecule has 128 valence electrons. The van der Waals surface area contributed by atoms with Crippen LogP contribution in [0, 0.1) is 12.7 Å². The highest BCUT2D eigenvalue weighted by Gasteiger charge is 2.23. The molecule has 3 rings (SSSR count). The van der Waals surface area contributed by atoms with Crippen LogP contribution in [-0.2, 0) is 11.2 Å². The van der Waals surface area contributed by atoms with Crippen molar-refractivity contribution >= 4 is 22.8 Å². The molecule has 0 spiro atoms. The number of aliphatic carboxylic acids is 1. The zero-order chi connectivity index (χ0) is 18.3. The van der Waals surface area contributed by atoms with Crippen molar-refractivity contribution in [3.8, 4) is 11.5 Å². The summed E-state index contributed by atoms with van der Waals surface area (Å²) in [5.74, 6) is -3.14. The minimum atomic E-state index is -1.11. The molecule has 3 N–H and O–H groups in total. The summed E-state index contributed by atoms with van der Waals surface area (Å²) in [6.07, 6.45) is -0.372. The summed E-state index contributed by atoms with van der Waals surface area (Å²) < 4.78 is 15.0. The number of hydrogen-bond donors (Lipinski definition) is 3. The number of phenols is 2. The number of rotatable bonds is 3. The van der Waals surface area contributed by atoms with E-state index >= 15 is 0 Å². The minimum Gasteiger partial charge on any atom is -0.508 e. The fourth-order valence-corrected chi connectivity index (χ4v) is 2.86. The third-order valence-electron chi connectivity index (χ3n) is 4.05. The highest BCUT2D eigenvalue weighted by Crippen LogP contribution is 2.32. The van der Waals surface area contributed by atoms with E-state index in [0.717, 1.165) is 12.1 Å². The van der Waals surface area contributed by atoms with Crippen molar-refractivity contribution in [2.75, 3.05) is 0 Å². The van der Waals surface area contributed by atoms with Crippen LogP contribution in [0.5, 0.6) is 11.5 Å². The zero-order valence-corrected chi connectivity index (χ0v) is 13.2. The molecule has 0 aliphatic carbocycles. The van der Waals surface area contributed by atoms with E-state index in [0.29, 0.717) is 16.6 Å². The highest BCUT2D eigenvalue weighted by molar-refractivity contribution is 6.05. The molecular weight excluding hydrogens is 329 g/mol. The Bertz CT molecular complexity index is 1000. The van der Waals surface area contributed by atoms with Gasteiger partial charge in [0.1, 0.15) is 5.75 Å². The topological polar surface area (TPSA) is 99.8 Å². The van der Waals surface area contributed by atoms with Gasteiger partial charge in [-0.25, -0.2) is 4.39 Å². The Morgan fingerprint density at radius 2 is 1.76 bits per heavy atom. The van der Waals surface area contributed by atoms with Crippen molar-refractivity contribution in [3.63, 3.8) is 0 Å². The number of carbonyl (C=O) groups is 2. The summed E-state index contributed by atoms with van der Waals surface area (Å²) in [5, 5.41) is 28.4. The fraction of sp³-hybridized carbons (Fsp3) is 0.111. The van der Waals surface area contributed by atoms with Gasteiger partial charge in [-0.2, -0.15) is 0 Å². The quantitative estimate of drug-likeness (QED) is 0.679. The van der Waals surface area contributed by atoms with Crippen LogP contribution < -0.4 is 0 Å². The molecule has 0 radical (unpaired) electrons. The number of phenolic OH excluding ortho intramolecular Hbond substituents is 2. The molecule has 0 aliphatic rings. The monoisotopic (exact) mass is 343 g/mol. The number of aromatic hydroxyl groups is 2. The van der Waals surface area contributed by atoms with E-state index < -0.39 is 23.4 Å². The molecule has 0 unspecified atom stereocenters. The summed E-state index contributed by atoms with van der Waals surface area (Å²) in [6.45, 7) is 1.56. The van der Waals surface area contributed by atoms with Crippen molar-refractivity contribution in [2.24, 2.45) is 0 Å². The predicted octanol–water partition coefficient (Wildman–Crippen LogP) is 2.82. The van der Waals surface area contributed by atoms with E-state index in [2.05, 4.69) is 0 Å². The molecule has 0 bridgehead atoms. The van der Waals surface area contributed by atoms with Crippen molar-refractivity contribution in [1.29, 1.82) is 0 Å². The number of benzene rings is 2. The van der Waals surface area contributed by atoms with Gasteiger partial charge in [0, 0.05) is 22.7 Å². The second kappa shape index (κ2) is 5.94. The van der Waals surface area contributed by atoms with Gasteiger partial charge in [0.15, 0.2) is 11.6 Å². The van der Waals surface area contributed by atoms with E-state index in [1.165, 1.54) is 28.8 Å². The molecule has 0 aliphatic heterocycles. The lowest BCUT2D eigenvalue weighted by atomic mass is 10.1. The van der Waals surface area contributed by atoms with E-state index in [4.69, 9.17) is 5.11 Å². The molecule has 1 heterocycles. The number of aromatic nitrogens is 1. The Kier molecular flexibility index (Phi) is 3.92. The van der Waals surface area contributed by atoms with Crippen LogP contribution in [0.15, 0.2) is 36.4 Å². The molecular formula is C18H14FNO5. The number of hydrogen-bond acceptors (Lipinski definition) is 4. The Hall–Kier alpha value is -3.35. The number of carbonyl (C=O) groups excluding carboxylic acids is 1. The summed E-state index contributed by atoms with van der Waals surface area (Å²) in [7, 11) is 0. The Morgan fingerprint density at radius 1 is 1.12 bits per heavy atom. The Morgan fingerprint density at radius 3 is 2.36 bits per heavy atom. The molecule has 25 heavy (non-hydrogen) atoms. The van der Waals surface area contributed by atoms with Gasteiger partial charge < -0.3 is 15.3 Å². The van der Waals surface area contributed by atoms with E-state index in [9.17, 15) is 24.2 Å². The van der Waals surface area contributed by atoms with Gasteiger partial charge in [-0.05, 0) is 42.8 Å². The molecule has 6 nitrogen and oxygen atoms in total. The lowest BCUT2D eigenvalue weighted by molar-refractivity contribution is -0.136. The maximum absolute atomic E-state index is 13.8. The molecule has 0 atom stereocenters. The first-order chi connectivity index (χ1) is 11.8. The Labute approximate surface area is 141 Å². The van der Waals surface area contributed by atoms with Crippen LogP contribution in [0.1, 0.15) is 21.6 Å². The van der Waals surface area contributed by atoms with Gasteiger partial charge >= 0.3 is 5.97 Å². The number of carboxylic acids is 1. The van der Waals surface area contributed by atoms with Gasteiger partial charge in [-0.15, -0.1) is 0 Å². The van der Waals surface area contributed by atoms with Crippen molar-refractivity contribution in [1.82, 2.24) is 4.57 Å². The second-order valence-corrected chi connectivity index (χ2v) is 5.64. The van der Waals surface area contributed by atoms with E-state index in [1.807, 2.05) is 0 Å². The molecule has 3 aromatic rings. The van der Waals surface area contributed by atoms with Gasteiger partial charge in [0.05, 0.1) is 11.9 Å². The minimum absolute atomic E-state index is 0.00632. The molecule has 2 aromatic carbocycles. The SMILES string of the molecule is Cc1c(CC(=O)O)c2cc(O)c(F)cc2n1C(=O)c1ccc(O)cc1. The summed E-state index contributed by atoms with van der Waals surface area (Å²) in [6, 6.07) is 7.64. The average molecular weight is 343 g/mol. The third kappa shape index (κ3) is 2.80. The van der Waals surface area contributed by atoms with Crippen LogP contribution in [-0.4, -0.2) is 31.8 Å². The highest BCUT2D eigenvalue weighted by atomic mass is 19.1. The zero-order valence-electron chi connectivity index (χ0n) is 13.2. The first-order valence-corrected chi connectivity index (χ1v) is 7.37. The van der Waals surface area contributed by atoms with Crippen LogP contribution in [0.4, 0.5) is 4.39 Å². The van der Waals surface area contributed by atoms with E-state index in [-0.39, 0.29) is 23.3 Å². The van der Waals surface area contributed by atoms with Crippen LogP contribution in [0.3, 0.4) is 0 Å². The van der Waals surface area contributed by atoms with Crippen LogP contribution in [0.2, 0.25) is 0 Å². The first kappa shape index (κ1) is 16.5. The lowest BCUT2D eigenvalue weighted by Gasteiger charge is -2.08. The van der Waals surface area contributed by atoms with Gasteiger partial charge in [-0.3, -0.25) is 14.2 Å². The van der Waals surface area contributed by atoms with Crippen molar-refractivity contribution in [3.05, 3.63) is 59.0 Å². The molecule has 1 aromatic heterocycles. The maximum atomic E-state index is 13.8. The Balaban J connectivity index is 2.28. The molecule has 0 saturated heterocycles.